The Balaban J connectivity index is 2.33. The third-order valence-electron chi connectivity index (χ3n) is 2.31. The Labute approximate surface area is 119 Å². The first-order valence-electron chi connectivity index (χ1n) is 5.81. The van der Waals surface area contributed by atoms with Crippen LogP contribution in [-0.2, 0) is 9.59 Å². The molecule has 0 aliphatic heterocycles. The second kappa shape index (κ2) is 6.65. The quantitative estimate of drug-likeness (QED) is 0.815. The second-order valence-corrected chi connectivity index (χ2v) is 6.52. The molecule has 0 saturated carbocycles. The zero-order valence-electron chi connectivity index (χ0n) is 10.8. The molecule has 2 amide bonds. The summed E-state index contributed by atoms with van der Waals surface area (Å²) in [4.78, 5) is 23.1. The Bertz CT molecular complexity index is 455. The van der Waals surface area contributed by atoms with Crippen LogP contribution in [0.15, 0.2) is 24.3 Å². The molecular weight excluding hydrogens is 315 g/mol. The van der Waals surface area contributed by atoms with Gasteiger partial charge in [-0.05, 0) is 38.1 Å². The molecule has 2 N–H and O–H groups in total. The van der Waals surface area contributed by atoms with Crippen LogP contribution in [0.3, 0.4) is 0 Å². The van der Waals surface area contributed by atoms with Crippen molar-refractivity contribution < 1.29 is 14.0 Å². The molecule has 0 radical (unpaired) electrons. The van der Waals surface area contributed by atoms with Gasteiger partial charge in [0.1, 0.15) is 5.82 Å². The Morgan fingerprint density at radius 3 is 2.37 bits per heavy atom. The number of anilines is 1. The number of benzene rings is 1. The fraction of sp³-hybridized carbons (Fsp3) is 0.385. The molecule has 19 heavy (non-hydrogen) atoms. The number of hydrogen-bond acceptors (Lipinski definition) is 2. The molecule has 0 aliphatic rings. The summed E-state index contributed by atoms with van der Waals surface area (Å²) in [7, 11) is 0. The van der Waals surface area contributed by atoms with Crippen molar-refractivity contribution in [1.29, 1.82) is 0 Å². The molecule has 0 saturated heterocycles. The fourth-order valence-corrected chi connectivity index (χ4v) is 1.40. The normalized spacial score (nSPS) is 10.9. The van der Waals surface area contributed by atoms with E-state index in [0.717, 1.165) is 0 Å². The molecule has 0 aliphatic carbocycles. The monoisotopic (exact) mass is 330 g/mol. The van der Waals surface area contributed by atoms with Gasteiger partial charge >= 0.3 is 0 Å². The summed E-state index contributed by atoms with van der Waals surface area (Å²) in [6.07, 6.45) is 0.159. The molecular formula is C13H16BrFN2O2. The van der Waals surface area contributed by atoms with Crippen LogP contribution in [0.1, 0.15) is 20.3 Å². The number of carbonyl (C=O) groups excluding carboxylic acids is 2. The lowest BCUT2D eigenvalue weighted by atomic mass is 10.2. The van der Waals surface area contributed by atoms with Crippen LogP contribution in [0.25, 0.3) is 0 Å². The highest BCUT2D eigenvalue weighted by molar-refractivity contribution is 9.10. The van der Waals surface area contributed by atoms with Crippen LogP contribution in [0.2, 0.25) is 0 Å². The predicted octanol–water partition coefficient (Wildman–Crippen LogP) is 2.44. The summed E-state index contributed by atoms with van der Waals surface area (Å²) in [5, 5.41) is 5.25. The molecule has 0 spiro atoms. The van der Waals surface area contributed by atoms with E-state index in [-0.39, 0.29) is 30.6 Å². The third-order valence-corrected chi connectivity index (χ3v) is 2.67. The van der Waals surface area contributed by atoms with Crippen molar-refractivity contribution in [2.75, 3.05) is 11.9 Å². The molecule has 4 nitrogen and oxygen atoms in total. The summed E-state index contributed by atoms with van der Waals surface area (Å²) in [5.74, 6) is -0.772. The average molecular weight is 331 g/mol. The van der Waals surface area contributed by atoms with Crippen molar-refractivity contribution in [1.82, 2.24) is 5.32 Å². The van der Waals surface area contributed by atoms with E-state index in [9.17, 15) is 14.0 Å². The summed E-state index contributed by atoms with van der Waals surface area (Å²) in [5.41, 5.74) is 0.526. The summed E-state index contributed by atoms with van der Waals surface area (Å²) in [6.45, 7) is 3.70. The smallest absolute Gasteiger partial charge is 0.236 e. The Hall–Kier alpha value is -1.43. The number of hydrogen-bond donors (Lipinski definition) is 2. The number of amides is 2. The minimum absolute atomic E-state index is 0.159. The highest BCUT2D eigenvalue weighted by atomic mass is 79.9. The lowest BCUT2D eigenvalue weighted by Crippen LogP contribution is -2.38. The molecule has 0 atom stereocenters. The van der Waals surface area contributed by atoms with Gasteiger partial charge in [-0.15, -0.1) is 0 Å². The van der Waals surface area contributed by atoms with E-state index >= 15 is 0 Å². The van der Waals surface area contributed by atoms with Crippen LogP contribution < -0.4 is 10.6 Å². The molecule has 104 valence electrons. The van der Waals surface area contributed by atoms with Gasteiger partial charge < -0.3 is 10.6 Å². The molecule has 0 fully saturated rings. The van der Waals surface area contributed by atoms with E-state index in [1.807, 2.05) is 0 Å². The SMILES string of the molecule is CC(C)(Br)C(=O)NCCC(=O)Nc1ccc(F)cc1. The first-order valence-corrected chi connectivity index (χ1v) is 6.61. The van der Waals surface area contributed by atoms with Gasteiger partial charge in [-0.1, -0.05) is 15.9 Å². The molecule has 0 heterocycles. The zero-order valence-corrected chi connectivity index (χ0v) is 12.4. The first-order chi connectivity index (χ1) is 8.79. The standard InChI is InChI=1S/C13H16BrFN2O2/c1-13(2,14)12(19)16-8-7-11(18)17-10-5-3-9(15)4-6-10/h3-6H,7-8H2,1-2H3,(H,16,19)(H,17,18). The van der Waals surface area contributed by atoms with Crippen molar-refractivity contribution in [3.05, 3.63) is 30.1 Å². The molecule has 1 aromatic carbocycles. The fourth-order valence-electron chi connectivity index (χ4n) is 1.26. The van der Waals surface area contributed by atoms with Gasteiger partial charge in [0.05, 0.1) is 4.32 Å². The van der Waals surface area contributed by atoms with E-state index in [1.165, 1.54) is 24.3 Å². The topological polar surface area (TPSA) is 58.2 Å². The van der Waals surface area contributed by atoms with Crippen LogP contribution in [-0.4, -0.2) is 22.7 Å². The van der Waals surface area contributed by atoms with Crippen LogP contribution in [0.5, 0.6) is 0 Å². The van der Waals surface area contributed by atoms with E-state index in [2.05, 4.69) is 26.6 Å². The number of rotatable bonds is 5. The van der Waals surface area contributed by atoms with Crippen LogP contribution >= 0.6 is 15.9 Å². The number of nitrogens with one attached hydrogen (secondary N) is 2. The first kappa shape index (κ1) is 15.6. The highest BCUT2D eigenvalue weighted by Crippen LogP contribution is 2.15. The third kappa shape index (κ3) is 5.83. The lowest BCUT2D eigenvalue weighted by Gasteiger charge is -2.15. The van der Waals surface area contributed by atoms with Crippen molar-refractivity contribution in [3.8, 4) is 0 Å². The predicted molar refractivity (Wildman–Crippen MR) is 75.7 cm³/mol. The van der Waals surface area contributed by atoms with E-state index in [0.29, 0.717) is 5.69 Å². The van der Waals surface area contributed by atoms with Gasteiger partial charge in [-0.3, -0.25) is 9.59 Å². The summed E-state index contributed by atoms with van der Waals surface area (Å²) >= 11 is 3.22. The summed E-state index contributed by atoms with van der Waals surface area (Å²) < 4.78 is 12.0. The maximum absolute atomic E-state index is 12.7. The molecule has 1 aromatic rings. The van der Waals surface area contributed by atoms with Gasteiger partial charge in [0.2, 0.25) is 11.8 Å². The molecule has 1 rings (SSSR count). The van der Waals surface area contributed by atoms with Crippen LogP contribution in [0.4, 0.5) is 10.1 Å². The van der Waals surface area contributed by atoms with Crippen molar-refractivity contribution in [3.63, 3.8) is 0 Å². The molecule has 0 unspecified atom stereocenters. The van der Waals surface area contributed by atoms with Gasteiger partial charge in [0, 0.05) is 18.7 Å². The van der Waals surface area contributed by atoms with Crippen molar-refractivity contribution in [2.24, 2.45) is 0 Å². The largest absolute Gasteiger partial charge is 0.354 e. The molecule has 0 bridgehead atoms. The van der Waals surface area contributed by atoms with Crippen molar-refractivity contribution in [2.45, 2.75) is 24.6 Å². The van der Waals surface area contributed by atoms with E-state index in [4.69, 9.17) is 0 Å². The maximum atomic E-state index is 12.7. The lowest BCUT2D eigenvalue weighted by molar-refractivity contribution is -0.122. The number of carbonyl (C=O) groups is 2. The maximum Gasteiger partial charge on any atom is 0.236 e. The highest BCUT2D eigenvalue weighted by Gasteiger charge is 2.22. The Kier molecular flexibility index (Phi) is 5.47. The minimum Gasteiger partial charge on any atom is -0.354 e. The van der Waals surface area contributed by atoms with Gasteiger partial charge in [-0.2, -0.15) is 0 Å². The van der Waals surface area contributed by atoms with E-state index < -0.39 is 4.32 Å². The number of alkyl halides is 1. The van der Waals surface area contributed by atoms with Gasteiger partial charge in [0.15, 0.2) is 0 Å². The number of halogens is 2. The van der Waals surface area contributed by atoms with Gasteiger partial charge in [-0.25, -0.2) is 4.39 Å². The van der Waals surface area contributed by atoms with Crippen molar-refractivity contribution >= 4 is 33.4 Å². The second-order valence-electron chi connectivity index (χ2n) is 4.53. The Morgan fingerprint density at radius 2 is 1.84 bits per heavy atom. The van der Waals surface area contributed by atoms with Crippen LogP contribution in [0, 0.1) is 5.82 Å². The molecule has 0 aromatic heterocycles. The molecule has 6 heteroatoms. The summed E-state index contributed by atoms with van der Waals surface area (Å²) in [6, 6.07) is 5.50. The Morgan fingerprint density at radius 1 is 1.26 bits per heavy atom. The van der Waals surface area contributed by atoms with Gasteiger partial charge in [0.25, 0.3) is 0 Å². The van der Waals surface area contributed by atoms with E-state index in [1.54, 1.807) is 13.8 Å². The average Bonchev–Trinajstić information content (AvgIpc) is 2.31. The zero-order chi connectivity index (χ0) is 14.5. The minimum atomic E-state index is -0.652.